The lowest BCUT2D eigenvalue weighted by atomic mass is 10.2. The number of hydrogen-bond acceptors (Lipinski definition) is 4. The van der Waals surface area contributed by atoms with Gasteiger partial charge >= 0.3 is 0 Å². The highest BCUT2D eigenvalue weighted by molar-refractivity contribution is 14.0. The SMILES string of the molecule is CCNC(=NCc1nccn1CC(C)C)N1CCS(=O)(=O)C(C)(C)C1.I. The first-order valence-electron chi connectivity index (χ1n) is 8.92. The summed E-state index contributed by atoms with van der Waals surface area (Å²) in [6.45, 7) is 13.0. The lowest BCUT2D eigenvalue weighted by Gasteiger charge is -2.39. The summed E-state index contributed by atoms with van der Waals surface area (Å²) in [5.41, 5.74) is 0. The number of sulfone groups is 1. The Morgan fingerprint density at radius 3 is 2.69 bits per heavy atom. The van der Waals surface area contributed by atoms with Crippen molar-refractivity contribution in [2.45, 2.75) is 52.5 Å². The summed E-state index contributed by atoms with van der Waals surface area (Å²) < 4.78 is 25.8. The van der Waals surface area contributed by atoms with Crippen LogP contribution in [0.3, 0.4) is 0 Å². The molecule has 2 rings (SSSR count). The number of guanidine groups is 1. The third-order valence-electron chi connectivity index (χ3n) is 4.41. The van der Waals surface area contributed by atoms with Crippen LogP contribution in [0, 0.1) is 5.92 Å². The quantitative estimate of drug-likeness (QED) is 0.383. The van der Waals surface area contributed by atoms with Crippen LogP contribution < -0.4 is 5.32 Å². The molecule has 1 aliphatic heterocycles. The average molecular weight is 497 g/mol. The molecule has 1 fully saturated rings. The Hall–Kier alpha value is -0.840. The summed E-state index contributed by atoms with van der Waals surface area (Å²) in [4.78, 5) is 11.2. The first-order valence-corrected chi connectivity index (χ1v) is 10.6. The summed E-state index contributed by atoms with van der Waals surface area (Å²) in [5.74, 6) is 2.38. The van der Waals surface area contributed by atoms with Gasteiger partial charge in [-0.15, -0.1) is 24.0 Å². The van der Waals surface area contributed by atoms with Crippen LogP contribution in [0.1, 0.15) is 40.4 Å². The summed E-state index contributed by atoms with van der Waals surface area (Å²) in [5, 5.41) is 3.28. The van der Waals surface area contributed by atoms with Gasteiger partial charge in [-0.1, -0.05) is 13.8 Å². The second-order valence-corrected chi connectivity index (χ2v) is 10.3. The van der Waals surface area contributed by atoms with Crippen molar-refractivity contribution in [1.82, 2.24) is 19.8 Å². The topological polar surface area (TPSA) is 79.6 Å². The van der Waals surface area contributed by atoms with Crippen molar-refractivity contribution in [2.24, 2.45) is 10.9 Å². The number of nitrogens with zero attached hydrogens (tertiary/aromatic N) is 4. The molecule has 1 aromatic heterocycles. The maximum absolute atomic E-state index is 12.2. The largest absolute Gasteiger partial charge is 0.357 e. The van der Waals surface area contributed by atoms with E-state index in [4.69, 9.17) is 4.99 Å². The van der Waals surface area contributed by atoms with Crippen LogP contribution in [-0.2, 0) is 22.9 Å². The van der Waals surface area contributed by atoms with E-state index in [-0.39, 0.29) is 29.7 Å². The van der Waals surface area contributed by atoms with E-state index in [1.165, 1.54) is 0 Å². The highest BCUT2D eigenvalue weighted by atomic mass is 127. The summed E-state index contributed by atoms with van der Waals surface area (Å²) >= 11 is 0. The third-order valence-corrected chi connectivity index (χ3v) is 6.94. The van der Waals surface area contributed by atoms with E-state index < -0.39 is 14.6 Å². The maximum atomic E-state index is 12.2. The van der Waals surface area contributed by atoms with E-state index in [9.17, 15) is 8.42 Å². The molecule has 0 amide bonds. The zero-order chi connectivity index (χ0) is 18.7. The van der Waals surface area contributed by atoms with Gasteiger partial charge in [-0.3, -0.25) is 0 Å². The molecule has 150 valence electrons. The molecule has 0 aliphatic carbocycles. The zero-order valence-corrected chi connectivity index (χ0v) is 19.5. The number of aliphatic imine (C=N–C) groups is 1. The Bertz CT molecular complexity index is 712. The molecule has 0 radical (unpaired) electrons. The van der Waals surface area contributed by atoms with Crippen molar-refractivity contribution in [3.05, 3.63) is 18.2 Å². The van der Waals surface area contributed by atoms with Gasteiger partial charge in [0.1, 0.15) is 12.4 Å². The predicted molar refractivity (Wildman–Crippen MR) is 117 cm³/mol. The van der Waals surface area contributed by atoms with Crippen molar-refractivity contribution in [1.29, 1.82) is 0 Å². The van der Waals surface area contributed by atoms with Gasteiger partial charge in [-0.2, -0.15) is 0 Å². The molecule has 0 saturated carbocycles. The molecule has 2 heterocycles. The molecule has 26 heavy (non-hydrogen) atoms. The van der Waals surface area contributed by atoms with E-state index >= 15 is 0 Å². The first-order chi connectivity index (χ1) is 11.7. The van der Waals surface area contributed by atoms with Crippen molar-refractivity contribution in [2.75, 3.05) is 25.4 Å². The number of rotatable bonds is 5. The molecule has 9 heteroatoms. The minimum Gasteiger partial charge on any atom is -0.357 e. The average Bonchev–Trinajstić information content (AvgIpc) is 2.93. The van der Waals surface area contributed by atoms with Crippen LogP contribution >= 0.6 is 24.0 Å². The number of halogens is 1. The minimum absolute atomic E-state index is 0. The van der Waals surface area contributed by atoms with Crippen LogP contribution in [0.4, 0.5) is 0 Å². The number of aromatic nitrogens is 2. The molecule has 0 unspecified atom stereocenters. The molecule has 7 nitrogen and oxygen atoms in total. The van der Waals surface area contributed by atoms with E-state index in [0.717, 1.165) is 24.9 Å². The van der Waals surface area contributed by atoms with Crippen molar-refractivity contribution in [3.63, 3.8) is 0 Å². The lowest BCUT2D eigenvalue weighted by molar-refractivity contribution is 0.353. The minimum atomic E-state index is -3.06. The van der Waals surface area contributed by atoms with Gasteiger partial charge in [0.25, 0.3) is 0 Å². The smallest absolute Gasteiger partial charge is 0.194 e. The molecule has 0 atom stereocenters. The van der Waals surface area contributed by atoms with Gasteiger partial charge in [-0.25, -0.2) is 18.4 Å². The second kappa shape index (κ2) is 9.38. The van der Waals surface area contributed by atoms with E-state index in [1.54, 1.807) is 20.0 Å². The van der Waals surface area contributed by atoms with Crippen molar-refractivity contribution < 1.29 is 8.42 Å². The van der Waals surface area contributed by atoms with Crippen LogP contribution in [0.5, 0.6) is 0 Å². The number of imidazole rings is 1. The van der Waals surface area contributed by atoms with Gasteiger partial charge in [-0.05, 0) is 26.7 Å². The fraction of sp³-hybridized carbons (Fsp3) is 0.765. The summed E-state index contributed by atoms with van der Waals surface area (Å²) in [6, 6.07) is 0. The molecule has 0 spiro atoms. The number of hydrogen-bond donors (Lipinski definition) is 1. The molecule has 1 aliphatic rings. The summed E-state index contributed by atoms with van der Waals surface area (Å²) in [7, 11) is -3.06. The van der Waals surface area contributed by atoms with Crippen LogP contribution in [0.25, 0.3) is 0 Å². The zero-order valence-electron chi connectivity index (χ0n) is 16.4. The molecule has 0 aromatic carbocycles. The Balaban J connectivity index is 0.00000338. The molecule has 0 bridgehead atoms. The molecule has 1 N–H and O–H groups in total. The normalized spacial score (nSPS) is 19.3. The van der Waals surface area contributed by atoms with Gasteiger partial charge in [0, 0.05) is 38.6 Å². The molecule has 1 saturated heterocycles. The Kier molecular flexibility index (Phi) is 8.37. The highest BCUT2D eigenvalue weighted by Gasteiger charge is 2.40. The van der Waals surface area contributed by atoms with E-state index in [1.807, 2.05) is 18.0 Å². The maximum Gasteiger partial charge on any atom is 0.194 e. The highest BCUT2D eigenvalue weighted by Crippen LogP contribution is 2.23. The van der Waals surface area contributed by atoms with Gasteiger partial charge < -0.3 is 14.8 Å². The summed E-state index contributed by atoms with van der Waals surface area (Å²) in [6.07, 6.45) is 3.78. The van der Waals surface area contributed by atoms with E-state index in [0.29, 0.717) is 25.6 Å². The lowest BCUT2D eigenvalue weighted by Crippen LogP contribution is -2.57. The second-order valence-electron chi connectivity index (χ2n) is 7.56. The van der Waals surface area contributed by atoms with Gasteiger partial charge in [0.2, 0.25) is 0 Å². The Labute approximate surface area is 174 Å². The Morgan fingerprint density at radius 2 is 2.12 bits per heavy atom. The molecule has 1 aromatic rings. The van der Waals surface area contributed by atoms with E-state index in [2.05, 4.69) is 28.7 Å². The van der Waals surface area contributed by atoms with Crippen molar-refractivity contribution >= 4 is 39.8 Å². The standard InChI is InChI=1S/C17H31N5O2S.HI/c1-6-18-16(22-9-10-25(23,24)17(4,5)13-22)20-11-15-19-7-8-21(15)12-14(2)3;/h7-8,14H,6,9-13H2,1-5H3,(H,18,20);1H. The monoisotopic (exact) mass is 497 g/mol. The van der Waals surface area contributed by atoms with Crippen LogP contribution in [0.2, 0.25) is 0 Å². The van der Waals surface area contributed by atoms with Crippen LogP contribution in [0.15, 0.2) is 17.4 Å². The fourth-order valence-electron chi connectivity index (χ4n) is 2.95. The molecular formula is C17H32IN5O2S. The fourth-order valence-corrected chi connectivity index (χ4v) is 4.31. The van der Waals surface area contributed by atoms with Gasteiger partial charge in [0.05, 0.1) is 10.5 Å². The van der Waals surface area contributed by atoms with Crippen LogP contribution in [-0.4, -0.2) is 59.0 Å². The van der Waals surface area contributed by atoms with Gasteiger partial charge in [0.15, 0.2) is 15.8 Å². The number of nitrogens with one attached hydrogen (secondary N) is 1. The van der Waals surface area contributed by atoms with Crippen molar-refractivity contribution in [3.8, 4) is 0 Å². The predicted octanol–water partition coefficient (Wildman–Crippen LogP) is 2.13. The Morgan fingerprint density at radius 1 is 1.42 bits per heavy atom. The first kappa shape index (κ1) is 23.2. The third kappa shape index (κ3) is 5.58. The molecular weight excluding hydrogens is 465 g/mol.